The monoisotopic (exact) mass is 394 g/mol. The summed E-state index contributed by atoms with van der Waals surface area (Å²) in [6.45, 7) is 0. The molecule has 1 aliphatic rings. The molecule has 100 valence electrons. The average molecular weight is 396 g/mol. The maximum absolute atomic E-state index is 12.6. The zero-order valence-electron chi connectivity index (χ0n) is 10.0. The van der Waals surface area contributed by atoms with Crippen molar-refractivity contribution in [2.45, 2.75) is 0 Å². The van der Waals surface area contributed by atoms with Crippen molar-refractivity contribution in [2.75, 3.05) is 11.5 Å². The van der Waals surface area contributed by atoms with E-state index in [9.17, 15) is 9.59 Å². The first kappa shape index (κ1) is 13.3. The van der Waals surface area contributed by atoms with Gasteiger partial charge in [-0.05, 0) is 56.1 Å². The van der Waals surface area contributed by atoms with Crippen molar-refractivity contribution in [1.29, 1.82) is 0 Å². The highest BCUT2D eigenvalue weighted by Crippen LogP contribution is 2.39. The van der Waals surface area contributed by atoms with Gasteiger partial charge in [-0.2, -0.15) is 0 Å². The van der Waals surface area contributed by atoms with Gasteiger partial charge in [-0.15, -0.1) is 0 Å². The second-order valence-corrected chi connectivity index (χ2v) is 6.12. The highest BCUT2D eigenvalue weighted by atomic mass is 79.9. The van der Waals surface area contributed by atoms with E-state index in [1.165, 1.54) is 6.07 Å². The molecule has 6 heteroatoms. The lowest BCUT2D eigenvalue weighted by atomic mass is 9.83. The molecule has 2 aromatic rings. The molecule has 0 saturated heterocycles. The van der Waals surface area contributed by atoms with Gasteiger partial charge in [0.2, 0.25) is 0 Å². The lowest BCUT2D eigenvalue weighted by Gasteiger charge is -2.20. The van der Waals surface area contributed by atoms with Crippen LogP contribution in [0, 0.1) is 0 Å². The largest absolute Gasteiger partial charge is 0.399 e. The van der Waals surface area contributed by atoms with E-state index in [1.807, 2.05) is 0 Å². The predicted molar refractivity (Wildman–Crippen MR) is 84.0 cm³/mol. The van der Waals surface area contributed by atoms with Crippen molar-refractivity contribution in [2.24, 2.45) is 0 Å². The van der Waals surface area contributed by atoms with Crippen LogP contribution >= 0.6 is 31.9 Å². The van der Waals surface area contributed by atoms with Gasteiger partial charge in [0, 0.05) is 26.9 Å². The molecule has 0 heterocycles. The third-order valence-electron chi connectivity index (χ3n) is 3.26. The number of fused-ring (bicyclic) bond motifs is 2. The molecule has 0 aliphatic heterocycles. The Morgan fingerprint density at radius 1 is 0.850 bits per heavy atom. The molecule has 0 unspecified atom stereocenters. The molecule has 0 spiro atoms. The topological polar surface area (TPSA) is 86.2 Å². The number of ketones is 2. The molecular formula is C14H8Br2N2O2. The van der Waals surface area contributed by atoms with Gasteiger partial charge in [0.25, 0.3) is 0 Å². The minimum absolute atomic E-state index is 0.233. The lowest BCUT2D eigenvalue weighted by Crippen LogP contribution is -2.22. The summed E-state index contributed by atoms with van der Waals surface area (Å²) in [6.07, 6.45) is 0. The molecular weight excluding hydrogens is 388 g/mol. The fraction of sp³-hybridized carbons (Fsp3) is 0. The van der Waals surface area contributed by atoms with Crippen LogP contribution in [0.25, 0.3) is 0 Å². The number of anilines is 2. The zero-order valence-corrected chi connectivity index (χ0v) is 13.2. The third kappa shape index (κ3) is 1.72. The Balaban J connectivity index is 2.38. The summed E-state index contributed by atoms with van der Waals surface area (Å²) in [5, 5.41) is 0. The van der Waals surface area contributed by atoms with Crippen molar-refractivity contribution in [3.63, 3.8) is 0 Å². The highest BCUT2D eigenvalue weighted by Gasteiger charge is 2.32. The Morgan fingerprint density at radius 2 is 1.55 bits per heavy atom. The van der Waals surface area contributed by atoms with Gasteiger partial charge in [-0.25, -0.2) is 0 Å². The number of carbonyl (C=O) groups excluding carboxylic acids is 2. The molecule has 0 atom stereocenters. The van der Waals surface area contributed by atoms with Crippen LogP contribution in [0.2, 0.25) is 0 Å². The number of hydrogen-bond acceptors (Lipinski definition) is 4. The Labute approximate surface area is 131 Å². The summed E-state index contributed by atoms with van der Waals surface area (Å²) in [5.41, 5.74) is 13.7. The SMILES string of the molecule is Nc1ccc2c(c1)C(=O)c1cc(Br)c(N)c(Br)c1C2=O. The van der Waals surface area contributed by atoms with Crippen LogP contribution < -0.4 is 11.5 Å². The fourth-order valence-electron chi connectivity index (χ4n) is 2.26. The van der Waals surface area contributed by atoms with Gasteiger partial charge in [0.1, 0.15) is 0 Å². The van der Waals surface area contributed by atoms with Gasteiger partial charge in [0.05, 0.1) is 15.7 Å². The highest BCUT2D eigenvalue weighted by molar-refractivity contribution is 9.11. The number of rotatable bonds is 0. The quantitative estimate of drug-likeness (QED) is 0.572. The molecule has 3 rings (SSSR count). The molecule has 0 saturated carbocycles. The van der Waals surface area contributed by atoms with Gasteiger partial charge in [-0.1, -0.05) is 0 Å². The first-order valence-corrected chi connectivity index (χ1v) is 7.26. The Hall–Kier alpha value is -1.66. The van der Waals surface area contributed by atoms with Crippen LogP contribution in [0.1, 0.15) is 31.8 Å². The Kier molecular flexibility index (Phi) is 2.95. The fourth-order valence-corrected chi connectivity index (χ4v) is 3.56. The van der Waals surface area contributed by atoms with E-state index in [0.717, 1.165) is 0 Å². The van der Waals surface area contributed by atoms with Crippen LogP contribution in [-0.4, -0.2) is 11.6 Å². The molecule has 4 nitrogen and oxygen atoms in total. The third-order valence-corrected chi connectivity index (χ3v) is 4.74. The summed E-state index contributed by atoms with van der Waals surface area (Å²) in [5.74, 6) is -0.469. The molecule has 20 heavy (non-hydrogen) atoms. The van der Waals surface area contributed by atoms with Crippen LogP contribution in [0.5, 0.6) is 0 Å². The molecule has 0 bridgehead atoms. The molecule has 0 fully saturated rings. The van der Waals surface area contributed by atoms with Gasteiger partial charge < -0.3 is 11.5 Å². The number of nitrogen functional groups attached to an aromatic ring is 2. The van der Waals surface area contributed by atoms with Crippen molar-refractivity contribution in [1.82, 2.24) is 0 Å². The van der Waals surface area contributed by atoms with Crippen molar-refractivity contribution >= 4 is 54.8 Å². The lowest BCUT2D eigenvalue weighted by molar-refractivity contribution is 0.0978. The van der Waals surface area contributed by atoms with E-state index in [1.54, 1.807) is 18.2 Å². The molecule has 4 N–H and O–H groups in total. The minimum atomic E-state index is -0.235. The molecule has 1 aliphatic carbocycles. The maximum atomic E-state index is 12.6. The average Bonchev–Trinajstić information content (AvgIpc) is 2.41. The second kappa shape index (κ2) is 4.43. The van der Waals surface area contributed by atoms with Gasteiger partial charge in [-0.3, -0.25) is 9.59 Å². The number of halogens is 2. The summed E-state index contributed by atoms with van der Waals surface area (Å²) < 4.78 is 0.999. The van der Waals surface area contributed by atoms with Crippen LogP contribution in [0.3, 0.4) is 0 Å². The number of benzene rings is 2. The first-order valence-electron chi connectivity index (χ1n) is 5.68. The van der Waals surface area contributed by atoms with E-state index in [2.05, 4.69) is 31.9 Å². The Bertz CT molecular complexity index is 800. The van der Waals surface area contributed by atoms with E-state index in [0.29, 0.717) is 42.6 Å². The van der Waals surface area contributed by atoms with E-state index < -0.39 is 0 Å². The molecule has 0 aromatic heterocycles. The normalized spacial score (nSPS) is 13.1. The van der Waals surface area contributed by atoms with Crippen molar-refractivity contribution in [3.05, 3.63) is 55.5 Å². The summed E-state index contributed by atoms with van der Waals surface area (Å²) in [4.78, 5) is 25.1. The number of carbonyl (C=O) groups is 2. The number of hydrogen-bond donors (Lipinski definition) is 2. The maximum Gasteiger partial charge on any atom is 0.195 e. The first-order chi connectivity index (χ1) is 9.41. The summed E-state index contributed by atoms with van der Waals surface area (Å²) in [6, 6.07) is 6.27. The number of nitrogens with two attached hydrogens (primary N) is 2. The van der Waals surface area contributed by atoms with E-state index in [-0.39, 0.29) is 11.6 Å². The smallest absolute Gasteiger partial charge is 0.195 e. The molecule has 0 amide bonds. The van der Waals surface area contributed by atoms with Crippen LogP contribution in [0.4, 0.5) is 11.4 Å². The molecule has 0 radical (unpaired) electrons. The predicted octanol–water partition coefficient (Wildman–Crippen LogP) is 3.15. The van der Waals surface area contributed by atoms with E-state index in [4.69, 9.17) is 11.5 Å². The molecule has 2 aromatic carbocycles. The summed E-state index contributed by atoms with van der Waals surface area (Å²) in [7, 11) is 0. The summed E-state index contributed by atoms with van der Waals surface area (Å²) >= 11 is 6.58. The minimum Gasteiger partial charge on any atom is -0.399 e. The van der Waals surface area contributed by atoms with Gasteiger partial charge >= 0.3 is 0 Å². The van der Waals surface area contributed by atoms with Crippen LogP contribution in [0.15, 0.2) is 33.2 Å². The van der Waals surface area contributed by atoms with Gasteiger partial charge in [0.15, 0.2) is 11.6 Å². The zero-order chi connectivity index (χ0) is 14.6. The van der Waals surface area contributed by atoms with Crippen LogP contribution in [-0.2, 0) is 0 Å². The van der Waals surface area contributed by atoms with Crippen molar-refractivity contribution < 1.29 is 9.59 Å². The van der Waals surface area contributed by atoms with Crippen molar-refractivity contribution in [3.8, 4) is 0 Å². The standard InChI is InChI=1S/C14H8Br2N2O2/c15-9-4-8-10(11(16)12(9)18)14(20)6-2-1-5(17)3-7(6)13(8)19/h1-4H,17-18H2. The Morgan fingerprint density at radius 3 is 2.25 bits per heavy atom. The van der Waals surface area contributed by atoms with E-state index >= 15 is 0 Å². The second-order valence-electron chi connectivity index (χ2n) is 4.47.